The number of rotatable bonds is 6. The molecule has 0 radical (unpaired) electrons. The van der Waals surface area contributed by atoms with Crippen LogP contribution < -0.4 is 10.1 Å². The number of dihydropyridines is 1. The van der Waals surface area contributed by atoms with E-state index in [1.165, 1.54) is 11.8 Å². The molecule has 0 bridgehead atoms. The Bertz CT molecular complexity index is 1160. The average Bonchev–Trinajstić information content (AvgIpc) is 3.31. The average molecular weight is 480 g/mol. The highest BCUT2D eigenvalue weighted by atomic mass is 32.1. The Labute approximate surface area is 203 Å². The van der Waals surface area contributed by atoms with Crippen molar-refractivity contribution in [1.29, 1.82) is 0 Å². The number of hydrogen-bond donors (Lipinski definition) is 1. The van der Waals surface area contributed by atoms with Gasteiger partial charge in [-0.15, -0.1) is 11.3 Å². The molecule has 1 aromatic carbocycles. The van der Waals surface area contributed by atoms with E-state index in [9.17, 15) is 14.4 Å². The SMILES string of the molecule is CC(=O)Oc1ccc([C@H]2C(C(=O)OCC(C)C)=C(C)NC3=C2C(=O)C[C@@H](c2cccs2)C3)cc1. The van der Waals surface area contributed by atoms with Gasteiger partial charge in [0, 0.05) is 47.0 Å². The van der Waals surface area contributed by atoms with Crippen LogP contribution in [0.25, 0.3) is 0 Å². The van der Waals surface area contributed by atoms with Crippen LogP contribution in [0.15, 0.2) is 64.3 Å². The van der Waals surface area contributed by atoms with Crippen LogP contribution in [0.1, 0.15) is 62.8 Å². The number of allylic oxidation sites excluding steroid dienone is 3. The zero-order valence-corrected chi connectivity index (χ0v) is 20.7. The molecule has 2 aliphatic rings. The first kappa shape index (κ1) is 24.0. The van der Waals surface area contributed by atoms with Gasteiger partial charge in [-0.1, -0.05) is 32.0 Å². The number of ketones is 1. The number of Topliss-reactive ketones (excluding diaryl/α,β-unsaturated/α-hetero) is 1. The lowest BCUT2D eigenvalue weighted by Crippen LogP contribution is -2.36. The second-order valence-corrected chi connectivity index (χ2v) is 10.2. The quantitative estimate of drug-likeness (QED) is 0.451. The Morgan fingerprint density at radius 2 is 1.88 bits per heavy atom. The Hall–Kier alpha value is -3.19. The molecule has 2 heterocycles. The van der Waals surface area contributed by atoms with Gasteiger partial charge in [0.2, 0.25) is 0 Å². The molecule has 0 unspecified atom stereocenters. The maximum absolute atomic E-state index is 13.5. The molecule has 0 saturated carbocycles. The zero-order valence-electron chi connectivity index (χ0n) is 19.8. The van der Waals surface area contributed by atoms with Gasteiger partial charge in [0.25, 0.3) is 0 Å². The maximum atomic E-state index is 13.5. The molecule has 1 N–H and O–H groups in total. The minimum Gasteiger partial charge on any atom is -0.462 e. The van der Waals surface area contributed by atoms with E-state index in [1.807, 2.05) is 32.2 Å². The fourth-order valence-electron chi connectivity index (χ4n) is 4.58. The summed E-state index contributed by atoms with van der Waals surface area (Å²) in [6, 6.07) is 11.1. The Kier molecular flexibility index (Phi) is 7.03. The lowest BCUT2D eigenvalue weighted by Gasteiger charge is -2.36. The highest BCUT2D eigenvalue weighted by molar-refractivity contribution is 7.10. The maximum Gasteiger partial charge on any atom is 0.336 e. The van der Waals surface area contributed by atoms with E-state index in [0.717, 1.165) is 11.3 Å². The fraction of sp³-hybridized carbons (Fsp3) is 0.370. The third-order valence-electron chi connectivity index (χ3n) is 6.02. The van der Waals surface area contributed by atoms with Crippen LogP contribution in [-0.2, 0) is 19.1 Å². The van der Waals surface area contributed by atoms with Crippen molar-refractivity contribution in [2.75, 3.05) is 6.61 Å². The molecule has 4 rings (SSSR count). The topological polar surface area (TPSA) is 81.7 Å². The molecule has 2 aromatic rings. The van der Waals surface area contributed by atoms with Crippen molar-refractivity contribution in [3.8, 4) is 5.75 Å². The van der Waals surface area contributed by atoms with Crippen LogP contribution in [-0.4, -0.2) is 24.3 Å². The Morgan fingerprint density at radius 3 is 2.50 bits per heavy atom. The molecule has 0 spiro atoms. The lowest BCUT2D eigenvalue weighted by molar-refractivity contribution is -0.140. The van der Waals surface area contributed by atoms with Gasteiger partial charge >= 0.3 is 11.9 Å². The van der Waals surface area contributed by atoms with Crippen molar-refractivity contribution in [3.63, 3.8) is 0 Å². The van der Waals surface area contributed by atoms with Gasteiger partial charge in [0.05, 0.1) is 12.2 Å². The molecule has 0 saturated heterocycles. The molecule has 2 atom stereocenters. The largest absolute Gasteiger partial charge is 0.462 e. The molecule has 0 amide bonds. The van der Waals surface area contributed by atoms with Crippen molar-refractivity contribution < 1.29 is 23.9 Å². The Balaban J connectivity index is 1.75. The van der Waals surface area contributed by atoms with Gasteiger partial charge in [-0.3, -0.25) is 9.59 Å². The number of esters is 2. The van der Waals surface area contributed by atoms with E-state index in [1.54, 1.807) is 35.6 Å². The molecule has 0 fully saturated rings. The van der Waals surface area contributed by atoms with Gasteiger partial charge in [-0.25, -0.2) is 4.79 Å². The van der Waals surface area contributed by atoms with E-state index < -0.39 is 17.9 Å². The summed E-state index contributed by atoms with van der Waals surface area (Å²) < 4.78 is 10.8. The molecule has 7 heteroatoms. The molecule has 34 heavy (non-hydrogen) atoms. The van der Waals surface area contributed by atoms with E-state index in [-0.39, 0.29) is 17.6 Å². The van der Waals surface area contributed by atoms with Crippen LogP contribution in [0.5, 0.6) is 5.75 Å². The normalized spacial score (nSPS) is 20.2. The van der Waals surface area contributed by atoms with E-state index in [0.29, 0.717) is 42.0 Å². The molecule has 1 aliphatic carbocycles. The van der Waals surface area contributed by atoms with Gasteiger partial charge < -0.3 is 14.8 Å². The minimum absolute atomic E-state index is 0.0304. The predicted molar refractivity (Wildman–Crippen MR) is 130 cm³/mol. The molecular formula is C27H29NO5S. The third-order valence-corrected chi connectivity index (χ3v) is 7.05. The number of nitrogens with one attached hydrogen (secondary N) is 1. The third kappa shape index (κ3) is 4.99. The standard InChI is InChI=1S/C27H29NO5S/c1-15(2)14-32-27(31)24-16(3)28-21-12-19(23-6-5-11-34-23)13-22(30)26(21)25(24)18-7-9-20(10-8-18)33-17(4)29/h5-11,15,19,25,28H,12-14H2,1-4H3/t19-,25-/m0/s1. The first-order valence-corrected chi connectivity index (χ1v) is 12.4. The summed E-state index contributed by atoms with van der Waals surface area (Å²) in [5.41, 5.74) is 3.41. The van der Waals surface area contributed by atoms with E-state index in [4.69, 9.17) is 9.47 Å². The summed E-state index contributed by atoms with van der Waals surface area (Å²) >= 11 is 1.66. The van der Waals surface area contributed by atoms with Crippen molar-refractivity contribution in [3.05, 3.63) is 74.8 Å². The van der Waals surface area contributed by atoms with Crippen LogP contribution in [0.4, 0.5) is 0 Å². The van der Waals surface area contributed by atoms with Gasteiger partial charge in [-0.2, -0.15) is 0 Å². The summed E-state index contributed by atoms with van der Waals surface area (Å²) in [6.45, 7) is 7.46. The Morgan fingerprint density at radius 1 is 1.15 bits per heavy atom. The summed E-state index contributed by atoms with van der Waals surface area (Å²) in [4.78, 5) is 39.3. The van der Waals surface area contributed by atoms with Crippen LogP contribution in [0, 0.1) is 5.92 Å². The van der Waals surface area contributed by atoms with E-state index >= 15 is 0 Å². The smallest absolute Gasteiger partial charge is 0.336 e. The number of benzene rings is 1. The first-order valence-electron chi connectivity index (χ1n) is 11.5. The van der Waals surface area contributed by atoms with Crippen molar-refractivity contribution in [2.24, 2.45) is 5.92 Å². The number of thiophene rings is 1. The number of carbonyl (C=O) groups is 3. The molecular weight excluding hydrogens is 450 g/mol. The molecule has 178 valence electrons. The second-order valence-electron chi connectivity index (χ2n) is 9.19. The fourth-order valence-corrected chi connectivity index (χ4v) is 5.41. The molecule has 6 nitrogen and oxygen atoms in total. The summed E-state index contributed by atoms with van der Waals surface area (Å²) in [6.07, 6.45) is 1.10. The number of hydrogen-bond acceptors (Lipinski definition) is 7. The van der Waals surface area contributed by atoms with Crippen LogP contribution in [0.3, 0.4) is 0 Å². The van der Waals surface area contributed by atoms with Gasteiger partial charge in [-0.05, 0) is 48.4 Å². The van der Waals surface area contributed by atoms with Gasteiger partial charge in [0.15, 0.2) is 5.78 Å². The summed E-state index contributed by atoms with van der Waals surface area (Å²) in [5.74, 6) is -0.616. The van der Waals surface area contributed by atoms with Gasteiger partial charge in [0.1, 0.15) is 5.75 Å². The number of carbonyl (C=O) groups excluding carboxylic acids is 3. The highest BCUT2D eigenvalue weighted by Crippen LogP contribution is 2.46. The predicted octanol–water partition coefficient (Wildman–Crippen LogP) is 5.23. The highest BCUT2D eigenvalue weighted by Gasteiger charge is 2.41. The van der Waals surface area contributed by atoms with Crippen LogP contribution in [0.2, 0.25) is 0 Å². The van der Waals surface area contributed by atoms with Crippen molar-refractivity contribution in [1.82, 2.24) is 5.32 Å². The van der Waals surface area contributed by atoms with Crippen molar-refractivity contribution in [2.45, 2.75) is 52.4 Å². The zero-order chi connectivity index (χ0) is 24.4. The van der Waals surface area contributed by atoms with Crippen molar-refractivity contribution >= 4 is 29.1 Å². The van der Waals surface area contributed by atoms with E-state index in [2.05, 4.69) is 11.4 Å². The first-order chi connectivity index (χ1) is 16.2. The summed E-state index contributed by atoms with van der Waals surface area (Å²) in [5, 5.41) is 5.40. The second kappa shape index (κ2) is 9.97. The molecule has 1 aromatic heterocycles. The van der Waals surface area contributed by atoms with Crippen LogP contribution >= 0.6 is 11.3 Å². The molecule has 1 aliphatic heterocycles. The number of ether oxygens (including phenoxy) is 2. The monoisotopic (exact) mass is 479 g/mol. The summed E-state index contributed by atoms with van der Waals surface area (Å²) in [7, 11) is 0. The minimum atomic E-state index is -0.543. The lowest BCUT2D eigenvalue weighted by atomic mass is 9.72.